The Bertz CT molecular complexity index is 312. The fraction of sp³-hybridized carbons (Fsp3) is 0.818. The van der Waals surface area contributed by atoms with E-state index in [-0.39, 0.29) is 6.04 Å². The third-order valence-corrected chi connectivity index (χ3v) is 2.67. The second-order valence-electron chi connectivity index (χ2n) is 5.29. The maximum atomic E-state index is 11.2. The predicted molar refractivity (Wildman–Crippen MR) is 69.1 cm³/mol. The second-order valence-corrected chi connectivity index (χ2v) is 5.29. The van der Waals surface area contributed by atoms with Crippen LogP contribution < -0.4 is 11.1 Å². The number of β-amino-alcohol motifs (C(OH)–C–C–N with tert-alkyl or cyclic N) is 1. The monoisotopic (exact) mass is 277 g/mol. The van der Waals surface area contributed by atoms with Crippen LogP contribution in [0.2, 0.25) is 0 Å². The Balaban J connectivity index is 0.000000711. The second kappa shape index (κ2) is 7.15. The van der Waals surface area contributed by atoms with Crippen molar-refractivity contribution in [2.24, 2.45) is 5.73 Å². The summed E-state index contributed by atoms with van der Waals surface area (Å²) in [5.74, 6) is 0. The Morgan fingerprint density at radius 1 is 1.32 bits per heavy atom. The number of aliphatic hydroxyl groups excluding tert-OH is 1. The van der Waals surface area contributed by atoms with Crippen LogP contribution in [0.25, 0.3) is 0 Å². The van der Waals surface area contributed by atoms with Gasteiger partial charge in [0, 0.05) is 12.1 Å². The number of aliphatic hydroxyl groups is 1. The molecule has 0 saturated carbocycles. The Labute approximate surface area is 112 Å². The molecular weight excluding hydrogens is 254 g/mol. The van der Waals surface area contributed by atoms with E-state index in [1.807, 2.05) is 20.8 Å². The molecule has 0 aromatic rings. The number of primary amides is 1. The van der Waals surface area contributed by atoms with E-state index >= 15 is 0 Å². The van der Waals surface area contributed by atoms with Crippen LogP contribution in [0.4, 0.5) is 9.59 Å². The fourth-order valence-electron chi connectivity index (χ4n) is 2.06. The number of carboxylic acid groups (broad SMARTS) is 2. The number of hydrogen-bond donors (Lipinski definition) is 5. The van der Waals surface area contributed by atoms with E-state index in [9.17, 15) is 15.0 Å². The molecule has 0 aliphatic carbocycles. The molecule has 8 heteroatoms. The van der Waals surface area contributed by atoms with E-state index < -0.39 is 23.8 Å². The van der Waals surface area contributed by atoms with E-state index in [0.717, 1.165) is 6.54 Å². The van der Waals surface area contributed by atoms with Gasteiger partial charge in [0.1, 0.15) is 0 Å². The predicted octanol–water partition coefficient (Wildman–Crippen LogP) is 0.111. The number of nitrogens with two attached hydrogens (primary N) is 1. The zero-order valence-corrected chi connectivity index (χ0v) is 11.5. The fourth-order valence-corrected chi connectivity index (χ4v) is 2.06. The Kier molecular flexibility index (Phi) is 6.57. The Hall–Kier alpha value is -1.54. The highest BCUT2D eigenvalue weighted by Gasteiger charge is 2.38. The van der Waals surface area contributed by atoms with Crippen LogP contribution in [0, 0.1) is 0 Å². The first-order valence-corrected chi connectivity index (χ1v) is 5.96. The lowest BCUT2D eigenvalue weighted by Crippen LogP contribution is -2.60. The van der Waals surface area contributed by atoms with Crippen molar-refractivity contribution in [1.82, 2.24) is 10.2 Å². The maximum absolute atomic E-state index is 11.2. The highest BCUT2D eigenvalue weighted by molar-refractivity contribution is 5.66. The summed E-state index contributed by atoms with van der Waals surface area (Å²) < 4.78 is 0. The van der Waals surface area contributed by atoms with Gasteiger partial charge in [0.15, 0.2) is 0 Å². The molecule has 0 bridgehead atoms. The van der Waals surface area contributed by atoms with Crippen molar-refractivity contribution in [2.45, 2.75) is 44.9 Å². The number of piperidine rings is 1. The Morgan fingerprint density at radius 3 is 2.11 bits per heavy atom. The van der Waals surface area contributed by atoms with Gasteiger partial charge in [0.2, 0.25) is 0 Å². The minimum Gasteiger partial charge on any atom is -0.465 e. The Morgan fingerprint density at radius 2 is 1.79 bits per heavy atom. The molecule has 1 aliphatic heterocycles. The first kappa shape index (κ1) is 17.5. The average molecular weight is 277 g/mol. The van der Waals surface area contributed by atoms with Crippen molar-refractivity contribution in [1.29, 1.82) is 0 Å². The van der Waals surface area contributed by atoms with Crippen LogP contribution in [-0.2, 0) is 0 Å². The molecule has 0 aromatic carbocycles. The van der Waals surface area contributed by atoms with Gasteiger partial charge in [-0.15, -0.1) is 0 Å². The number of hydrogen-bond acceptors (Lipinski definition) is 4. The average Bonchev–Trinajstić information content (AvgIpc) is 2.17. The molecule has 1 heterocycles. The first-order valence-electron chi connectivity index (χ1n) is 5.96. The van der Waals surface area contributed by atoms with E-state index in [1.165, 1.54) is 4.90 Å². The number of amides is 2. The van der Waals surface area contributed by atoms with E-state index in [2.05, 4.69) is 11.1 Å². The molecule has 1 saturated heterocycles. The zero-order valence-electron chi connectivity index (χ0n) is 11.5. The van der Waals surface area contributed by atoms with Gasteiger partial charge < -0.3 is 26.4 Å². The molecule has 2 atom stereocenters. The van der Waals surface area contributed by atoms with Crippen LogP contribution in [-0.4, -0.2) is 63.2 Å². The zero-order chi connectivity index (χ0) is 15.2. The SMILES string of the molecule is CC(C)(C)N(C(=O)O)[C@@H]1CCNC[C@@H]1O.NC(=O)O. The van der Waals surface area contributed by atoms with Gasteiger partial charge in [-0.3, -0.25) is 4.90 Å². The molecule has 1 rings (SSSR count). The van der Waals surface area contributed by atoms with Gasteiger partial charge in [-0.1, -0.05) is 0 Å². The van der Waals surface area contributed by atoms with Gasteiger partial charge in [0.25, 0.3) is 0 Å². The minimum absolute atomic E-state index is 0.302. The van der Waals surface area contributed by atoms with Gasteiger partial charge >= 0.3 is 12.2 Å². The summed E-state index contributed by atoms with van der Waals surface area (Å²) in [6, 6.07) is -0.302. The lowest BCUT2D eigenvalue weighted by molar-refractivity contribution is -0.00589. The number of nitrogens with zero attached hydrogens (tertiary/aromatic N) is 1. The van der Waals surface area contributed by atoms with E-state index in [4.69, 9.17) is 9.90 Å². The van der Waals surface area contributed by atoms with E-state index in [1.54, 1.807) is 0 Å². The van der Waals surface area contributed by atoms with Crippen molar-refractivity contribution in [3.05, 3.63) is 0 Å². The highest BCUT2D eigenvalue weighted by atomic mass is 16.4. The van der Waals surface area contributed by atoms with E-state index in [0.29, 0.717) is 13.0 Å². The normalized spacial score (nSPS) is 22.9. The standard InChI is InChI=1S/C10H20N2O3.CH3NO2/c1-10(2,3)12(9(14)15)7-4-5-11-6-8(7)13;2-1(3)4/h7-8,11,13H,4-6H2,1-3H3,(H,14,15);2H2,(H,3,4)/t7-,8+;/m1./s1. The lowest BCUT2D eigenvalue weighted by atomic mass is 9.96. The molecule has 0 aromatic heterocycles. The van der Waals surface area contributed by atoms with Gasteiger partial charge in [0.05, 0.1) is 12.1 Å². The maximum Gasteiger partial charge on any atom is 0.408 e. The lowest BCUT2D eigenvalue weighted by Gasteiger charge is -2.43. The topological polar surface area (TPSA) is 136 Å². The number of rotatable bonds is 1. The van der Waals surface area contributed by atoms with Crippen LogP contribution in [0.3, 0.4) is 0 Å². The first-order chi connectivity index (χ1) is 8.57. The molecule has 1 fully saturated rings. The van der Waals surface area contributed by atoms with Gasteiger partial charge in [-0.25, -0.2) is 9.59 Å². The molecule has 112 valence electrons. The molecule has 1 aliphatic rings. The quantitative estimate of drug-likeness (QED) is 0.461. The summed E-state index contributed by atoms with van der Waals surface area (Å²) in [5.41, 5.74) is 3.55. The van der Waals surface area contributed by atoms with Crippen LogP contribution in [0.1, 0.15) is 27.2 Å². The summed E-state index contributed by atoms with van der Waals surface area (Å²) in [5, 5.41) is 29.2. The molecule has 0 radical (unpaired) electrons. The summed E-state index contributed by atoms with van der Waals surface area (Å²) >= 11 is 0. The summed E-state index contributed by atoms with van der Waals surface area (Å²) in [7, 11) is 0. The molecule has 0 unspecified atom stereocenters. The largest absolute Gasteiger partial charge is 0.465 e. The number of nitrogens with one attached hydrogen (secondary N) is 1. The summed E-state index contributed by atoms with van der Waals surface area (Å²) in [6.45, 7) is 6.74. The molecule has 8 nitrogen and oxygen atoms in total. The summed E-state index contributed by atoms with van der Waals surface area (Å²) in [4.78, 5) is 21.3. The molecule has 19 heavy (non-hydrogen) atoms. The minimum atomic E-state index is -1.33. The molecule has 0 spiro atoms. The molecular formula is C11H23N3O5. The van der Waals surface area contributed by atoms with Crippen molar-refractivity contribution in [3.8, 4) is 0 Å². The van der Waals surface area contributed by atoms with Crippen molar-refractivity contribution in [2.75, 3.05) is 13.1 Å². The van der Waals surface area contributed by atoms with Crippen molar-refractivity contribution >= 4 is 12.2 Å². The molecule has 6 N–H and O–H groups in total. The van der Waals surface area contributed by atoms with Crippen molar-refractivity contribution < 1.29 is 24.9 Å². The highest BCUT2D eigenvalue weighted by Crippen LogP contribution is 2.22. The van der Waals surface area contributed by atoms with Crippen molar-refractivity contribution in [3.63, 3.8) is 0 Å². The van der Waals surface area contributed by atoms with Gasteiger partial charge in [-0.2, -0.15) is 0 Å². The van der Waals surface area contributed by atoms with Crippen LogP contribution >= 0.6 is 0 Å². The smallest absolute Gasteiger partial charge is 0.408 e. The van der Waals surface area contributed by atoms with Crippen LogP contribution in [0.15, 0.2) is 0 Å². The van der Waals surface area contributed by atoms with Crippen LogP contribution in [0.5, 0.6) is 0 Å². The number of carbonyl (C=O) groups is 2. The third-order valence-electron chi connectivity index (χ3n) is 2.67. The summed E-state index contributed by atoms with van der Waals surface area (Å²) in [6.07, 6.45) is -2.26. The third kappa shape index (κ3) is 6.25. The molecule has 2 amide bonds. The van der Waals surface area contributed by atoms with Gasteiger partial charge in [-0.05, 0) is 33.7 Å².